The highest BCUT2D eigenvalue weighted by atomic mass is 32.1. The number of aromatic nitrogens is 2. The van der Waals surface area contributed by atoms with Gasteiger partial charge in [-0.1, -0.05) is 18.2 Å². The Morgan fingerprint density at radius 1 is 1.12 bits per heavy atom. The molecule has 6 heteroatoms. The van der Waals surface area contributed by atoms with Crippen LogP contribution in [0.2, 0.25) is 0 Å². The molecule has 0 saturated carbocycles. The van der Waals surface area contributed by atoms with Gasteiger partial charge >= 0.3 is 0 Å². The molecule has 0 fully saturated rings. The summed E-state index contributed by atoms with van der Waals surface area (Å²) in [6.07, 6.45) is 1.02. The Morgan fingerprint density at radius 2 is 2.00 bits per heavy atom. The fraction of sp³-hybridized carbons (Fsp3) is 0.269. The van der Waals surface area contributed by atoms with Crippen molar-refractivity contribution in [3.8, 4) is 16.9 Å². The minimum atomic E-state index is -0.0727. The van der Waals surface area contributed by atoms with Crippen LogP contribution >= 0.6 is 11.3 Å². The minimum Gasteiger partial charge on any atom is -0.487 e. The molecule has 0 unspecified atom stereocenters. The van der Waals surface area contributed by atoms with Crippen LogP contribution in [0.15, 0.2) is 47.8 Å². The molecule has 0 radical (unpaired) electrons. The Hall–Kier alpha value is -3.25. The van der Waals surface area contributed by atoms with Gasteiger partial charge in [-0.05, 0) is 61.7 Å². The first-order valence-electron chi connectivity index (χ1n) is 10.8. The first-order valence-corrected chi connectivity index (χ1v) is 11.7. The number of nitrogens with zero attached hydrogens (tertiary/aromatic N) is 2. The van der Waals surface area contributed by atoms with E-state index in [1.807, 2.05) is 25.3 Å². The predicted molar refractivity (Wildman–Crippen MR) is 128 cm³/mol. The SMILES string of the molecule is Cc1cc2c(c(-c3ccc4nc(C)ccc4c3)c1)O[C@H](CNC(=O)Cc1csc(C)n1)C2. The monoisotopic (exact) mass is 443 g/mol. The molecule has 1 N–H and O–H groups in total. The van der Waals surface area contributed by atoms with E-state index in [4.69, 9.17) is 4.74 Å². The number of fused-ring (bicyclic) bond motifs is 2. The number of aryl methyl sites for hydroxylation is 3. The molecule has 0 saturated heterocycles. The molecule has 4 aromatic rings. The first kappa shape index (κ1) is 20.6. The van der Waals surface area contributed by atoms with E-state index in [2.05, 4.69) is 58.6 Å². The fourth-order valence-electron chi connectivity index (χ4n) is 4.26. The number of amides is 1. The molecule has 0 bridgehead atoms. The van der Waals surface area contributed by atoms with Gasteiger partial charge in [0.05, 0.1) is 29.2 Å². The van der Waals surface area contributed by atoms with Crippen molar-refractivity contribution in [2.45, 2.75) is 39.7 Å². The Balaban J connectivity index is 1.33. The Labute approximate surface area is 191 Å². The third kappa shape index (κ3) is 4.23. The first-order chi connectivity index (χ1) is 15.4. The minimum absolute atomic E-state index is 0.0245. The zero-order valence-corrected chi connectivity index (χ0v) is 19.3. The van der Waals surface area contributed by atoms with E-state index < -0.39 is 0 Å². The maximum Gasteiger partial charge on any atom is 0.226 e. The molecule has 162 valence electrons. The maximum atomic E-state index is 12.3. The van der Waals surface area contributed by atoms with E-state index in [0.29, 0.717) is 13.0 Å². The van der Waals surface area contributed by atoms with Crippen molar-refractivity contribution in [2.75, 3.05) is 6.54 Å². The second-order valence-corrected chi connectivity index (χ2v) is 9.51. The molecular weight excluding hydrogens is 418 g/mol. The van der Waals surface area contributed by atoms with E-state index in [9.17, 15) is 4.79 Å². The number of thiazole rings is 1. The second kappa shape index (κ2) is 8.36. The quantitative estimate of drug-likeness (QED) is 0.474. The van der Waals surface area contributed by atoms with Gasteiger partial charge in [0.2, 0.25) is 5.91 Å². The van der Waals surface area contributed by atoms with Gasteiger partial charge in [-0.15, -0.1) is 11.3 Å². The van der Waals surface area contributed by atoms with Crippen LogP contribution in [0.1, 0.15) is 27.5 Å². The third-order valence-electron chi connectivity index (χ3n) is 5.72. The second-order valence-electron chi connectivity index (χ2n) is 8.44. The molecule has 1 amide bonds. The van der Waals surface area contributed by atoms with Crippen molar-refractivity contribution >= 4 is 28.1 Å². The number of nitrogens with one attached hydrogen (secondary N) is 1. The summed E-state index contributed by atoms with van der Waals surface area (Å²) < 4.78 is 6.34. The Kier molecular flexibility index (Phi) is 5.39. The van der Waals surface area contributed by atoms with Gasteiger partial charge < -0.3 is 10.1 Å². The number of hydrogen-bond acceptors (Lipinski definition) is 5. The highest BCUT2D eigenvalue weighted by molar-refractivity contribution is 7.09. The Morgan fingerprint density at radius 3 is 2.81 bits per heavy atom. The van der Waals surface area contributed by atoms with Crippen LogP contribution in [0.25, 0.3) is 22.0 Å². The van der Waals surface area contributed by atoms with Crippen molar-refractivity contribution in [3.05, 3.63) is 75.4 Å². The average Bonchev–Trinajstić information content (AvgIpc) is 3.36. The largest absolute Gasteiger partial charge is 0.487 e. The number of pyridine rings is 1. The summed E-state index contributed by atoms with van der Waals surface area (Å²) >= 11 is 1.56. The van der Waals surface area contributed by atoms with Crippen LogP contribution in [0.5, 0.6) is 5.75 Å². The highest BCUT2D eigenvalue weighted by Gasteiger charge is 2.27. The van der Waals surface area contributed by atoms with Gasteiger partial charge in [-0.2, -0.15) is 0 Å². The summed E-state index contributed by atoms with van der Waals surface area (Å²) in [5.74, 6) is 0.896. The van der Waals surface area contributed by atoms with Gasteiger partial charge in [0, 0.05) is 28.4 Å². The lowest BCUT2D eigenvalue weighted by Gasteiger charge is -2.14. The van der Waals surface area contributed by atoms with Gasteiger partial charge in [-0.25, -0.2) is 4.98 Å². The fourth-order valence-corrected chi connectivity index (χ4v) is 4.87. The standard InChI is InChI=1S/C26H25N3O2S/c1-15-8-20-11-22(13-27-25(30)12-21-14-32-17(3)29-21)31-26(20)23(9-15)18-6-7-24-19(10-18)5-4-16(2)28-24/h4-10,14,22H,11-13H2,1-3H3,(H,27,30)/t22-/m0/s1. The summed E-state index contributed by atoms with van der Waals surface area (Å²) in [5, 5.41) is 7.04. The molecule has 2 aromatic carbocycles. The number of rotatable bonds is 5. The summed E-state index contributed by atoms with van der Waals surface area (Å²) in [5.41, 5.74) is 7.43. The van der Waals surface area contributed by atoms with Crippen LogP contribution in [-0.2, 0) is 17.6 Å². The maximum absolute atomic E-state index is 12.3. The van der Waals surface area contributed by atoms with E-state index in [0.717, 1.165) is 50.6 Å². The van der Waals surface area contributed by atoms with Crippen LogP contribution < -0.4 is 10.1 Å². The summed E-state index contributed by atoms with van der Waals surface area (Å²) in [6, 6.07) is 14.9. The number of carbonyl (C=O) groups is 1. The molecule has 0 aliphatic carbocycles. The van der Waals surface area contributed by atoms with Crippen LogP contribution in [0, 0.1) is 20.8 Å². The van der Waals surface area contributed by atoms with Gasteiger partial charge in [0.15, 0.2) is 0 Å². The third-order valence-corrected chi connectivity index (χ3v) is 6.54. The van der Waals surface area contributed by atoms with E-state index in [1.165, 1.54) is 11.1 Å². The normalized spacial score (nSPS) is 14.9. The van der Waals surface area contributed by atoms with Gasteiger partial charge in [0.1, 0.15) is 11.9 Å². The molecule has 1 aliphatic rings. The average molecular weight is 444 g/mol. The van der Waals surface area contributed by atoms with Crippen molar-refractivity contribution in [1.82, 2.24) is 15.3 Å². The van der Waals surface area contributed by atoms with Crippen molar-refractivity contribution < 1.29 is 9.53 Å². The number of benzene rings is 2. The smallest absolute Gasteiger partial charge is 0.226 e. The number of carbonyl (C=O) groups excluding carboxylic acids is 1. The molecular formula is C26H25N3O2S. The van der Waals surface area contributed by atoms with E-state index in [-0.39, 0.29) is 12.0 Å². The van der Waals surface area contributed by atoms with Crippen molar-refractivity contribution in [1.29, 1.82) is 0 Å². The zero-order valence-electron chi connectivity index (χ0n) is 18.4. The molecule has 5 nitrogen and oxygen atoms in total. The highest BCUT2D eigenvalue weighted by Crippen LogP contribution is 2.40. The summed E-state index contributed by atoms with van der Waals surface area (Å²) in [7, 11) is 0. The van der Waals surface area contributed by atoms with Crippen LogP contribution in [0.3, 0.4) is 0 Å². The van der Waals surface area contributed by atoms with E-state index in [1.54, 1.807) is 11.3 Å². The molecule has 0 spiro atoms. The zero-order chi connectivity index (χ0) is 22.2. The Bertz CT molecular complexity index is 1330. The van der Waals surface area contributed by atoms with E-state index >= 15 is 0 Å². The molecule has 1 aliphatic heterocycles. The molecule has 3 heterocycles. The molecule has 5 rings (SSSR count). The number of ether oxygens (including phenoxy) is 1. The molecule has 32 heavy (non-hydrogen) atoms. The van der Waals surface area contributed by atoms with Crippen LogP contribution in [0.4, 0.5) is 0 Å². The topological polar surface area (TPSA) is 64.1 Å². The predicted octanol–water partition coefficient (Wildman–Crippen LogP) is 4.95. The van der Waals surface area contributed by atoms with Crippen molar-refractivity contribution in [3.63, 3.8) is 0 Å². The van der Waals surface area contributed by atoms with Crippen molar-refractivity contribution in [2.24, 2.45) is 0 Å². The lowest BCUT2D eigenvalue weighted by molar-refractivity contribution is -0.120. The number of hydrogen-bond donors (Lipinski definition) is 1. The molecule has 1 atom stereocenters. The lowest BCUT2D eigenvalue weighted by Crippen LogP contribution is -2.35. The van der Waals surface area contributed by atoms with Gasteiger partial charge in [-0.3, -0.25) is 9.78 Å². The van der Waals surface area contributed by atoms with Crippen LogP contribution in [-0.4, -0.2) is 28.5 Å². The summed E-state index contributed by atoms with van der Waals surface area (Å²) in [4.78, 5) is 21.3. The lowest BCUT2D eigenvalue weighted by atomic mass is 9.96. The van der Waals surface area contributed by atoms with Gasteiger partial charge in [0.25, 0.3) is 0 Å². The summed E-state index contributed by atoms with van der Waals surface area (Å²) in [6.45, 7) is 6.55. The molecule has 2 aromatic heterocycles.